The van der Waals surface area contributed by atoms with E-state index in [1.165, 1.54) is 29.7 Å². The number of benzene rings is 1. The molecule has 1 unspecified atom stereocenters. The molecule has 2 N–H and O–H groups in total. The van der Waals surface area contributed by atoms with Crippen molar-refractivity contribution < 1.29 is 4.74 Å². The Balaban J connectivity index is 1.71. The molecule has 6 nitrogen and oxygen atoms in total. The molecule has 1 aromatic heterocycles. The first-order valence-electron chi connectivity index (χ1n) is 10.5. The van der Waals surface area contributed by atoms with Gasteiger partial charge >= 0.3 is 0 Å². The van der Waals surface area contributed by atoms with Crippen molar-refractivity contribution in [2.45, 2.75) is 45.7 Å². The number of guanidine groups is 1. The Bertz CT molecular complexity index is 768. The van der Waals surface area contributed by atoms with Gasteiger partial charge in [-0.25, -0.2) is 9.98 Å². The van der Waals surface area contributed by atoms with Gasteiger partial charge in [0.2, 0.25) is 0 Å². The van der Waals surface area contributed by atoms with Crippen LogP contribution in [0.2, 0.25) is 0 Å². The number of aryl methyl sites for hydroxylation is 1. The number of rotatable bonds is 8. The van der Waals surface area contributed by atoms with Crippen LogP contribution in [0.5, 0.6) is 5.75 Å². The summed E-state index contributed by atoms with van der Waals surface area (Å²) in [6.45, 7) is 8.74. The lowest BCUT2D eigenvalue weighted by molar-refractivity contribution is 0.164. The first-order chi connectivity index (χ1) is 14.2. The fourth-order valence-corrected chi connectivity index (χ4v) is 4.38. The molecule has 0 amide bonds. The molecule has 0 aliphatic carbocycles. The maximum atomic E-state index is 5.34. The van der Waals surface area contributed by atoms with Crippen LogP contribution in [0.25, 0.3) is 0 Å². The Morgan fingerprint density at radius 1 is 1.21 bits per heavy atom. The van der Waals surface area contributed by atoms with Crippen molar-refractivity contribution in [3.05, 3.63) is 45.9 Å². The van der Waals surface area contributed by atoms with Gasteiger partial charge in [0.15, 0.2) is 5.96 Å². The van der Waals surface area contributed by atoms with Crippen LogP contribution in [0.15, 0.2) is 34.8 Å². The zero-order valence-electron chi connectivity index (χ0n) is 17.8. The van der Waals surface area contributed by atoms with E-state index in [0.29, 0.717) is 12.6 Å². The normalized spacial score (nSPS) is 16.4. The molecule has 1 atom stereocenters. The number of hydrogen-bond donors (Lipinski definition) is 2. The van der Waals surface area contributed by atoms with E-state index in [4.69, 9.17) is 9.73 Å². The van der Waals surface area contributed by atoms with Gasteiger partial charge in [0.1, 0.15) is 5.75 Å². The van der Waals surface area contributed by atoms with Crippen molar-refractivity contribution in [1.29, 1.82) is 0 Å². The lowest BCUT2D eigenvalue weighted by atomic mass is 10.0. The number of ether oxygens (including phenoxy) is 1. The second-order valence-electron chi connectivity index (χ2n) is 7.32. The number of hydrogen-bond acceptors (Lipinski definition) is 5. The predicted molar refractivity (Wildman–Crippen MR) is 121 cm³/mol. The number of aliphatic imine (C=N–C) groups is 1. The third kappa shape index (κ3) is 6.18. The Kier molecular flexibility index (Phi) is 8.31. The fourth-order valence-electron chi connectivity index (χ4n) is 3.68. The van der Waals surface area contributed by atoms with Gasteiger partial charge in [0, 0.05) is 18.0 Å². The molecule has 0 radical (unpaired) electrons. The number of likely N-dealkylation sites (tertiary alicyclic amines) is 1. The van der Waals surface area contributed by atoms with Crippen molar-refractivity contribution in [3.8, 4) is 5.75 Å². The average Bonchev–Trinajstić information content (AvgIpc) is 3.18. The highest BCUT2D eigenvalue weighted by Crippen LogP contribution is 2.26. The molecule has 3 rings (SSSR count). The zero-order chi connectivity index (χ0) is 20.5. The third-order valence-corrected chi connectivity index (χ3v) is 6.28. The van der Waals surface area contributed by atoms with E-state index < -0.39 is 0 Å². The largest absolute Gasteiger partial charge is 0.497 e. The molecule has 0 spiro atoms. The van der Waals surface area contributed by atoms with Crippen LogP contribution < -0.4 is 15.4 Å². The molecule has 158 valence electrons. The van der Waals surface area contributed by atoms with Gasteiger partial charge in [-0.3, -0.25) is 4.90 Å². The molecule has 1 aliphatic rings. The first kappa shape index (κ1) is 21.6. The molecular formula is C22H33N5OS. The molecular weight excluding hydrogens is 382 g/mol. The first-order valence-corrected chi connectivity index (χ1v) is 11.4. The van der Waals surface area contributed by atoms with Gasteiger partial charge in [-0.1, -0.05) is 18.6 Å². The van der Waals surface area contributed by atoms with Gasteiger partial charge in [0.25, 0.3) is 0 Å². The minimum Gasteiger partial charge on any atom is -0.497 e. The zero-order valence-corrected chi connectivity index (χ0v) is 18.6. The van der Waals surface area contributed by atoms with Crippen LogP contribution in [0.3, 0.4) is 0 Å². The summed E-state index contributed by atoms with van der Waals surface area (Å²) >= 11 is 1.66. The summed E-state index contributed by atoms with van der Waals surface area (Å²) in [5, 5.41) is 6.95. The number of methoxy groups -OCH3 is 1. The van der Waals surface area contributed by atoms with Crippen molar-refractivity contribution in [2.24, 2.45) is 4.99 Å². The summed E-state index contributed by atoms with van der Waals surface area (Å²) in [6, 6.07) is 8.79. The van der Waals surface area contributed by atoms with Gasteiger partial charge < -0.3 is 15.4 Å². The number of piperidine rings is 1. The molecule has 2 heterocycles. The SMILES string of the molecule is CCNC(=NCc1scnc1C)NCC(c1ccc(OC)cc1)N1CCCCC1. The Morgan fingerprint density at radius 3 is 2.59 bits per heavy atom. The summed E-state index contributed by atoms with van der Waals surface area (Å²) in [7, 11) is 1.71. The van der Waals surface area contributed by atoms with E-state index in [-0.39, 0.29) is 0 Å². The highest BCUT2D eigenvalue weighted by molar-refractivity contribution is 7.09. The van der Waals surface area contributed by atoms with E-state index in [1.807, 2.05) is 12.4 Å². The smallest absolute Gasteiger partial charge is 0.191 e. The van der Waals surface area contributed by atoms with Crippen LogP contribution >= 0.6 is 11.3 Å². The monoisotopic (exact) mass is 415 g/mol. The quantitative estimate of drug-likeness (QED) is 0.508. The number of thiazole rings is 1. The molecule has 0 saturated carbocycles. The van der Waals surface area contributed by atoms with Crippen LogP contribution in [0.4, 0.5) is 0 Å². The maximum Gasteiger partial charge on any atom is 0.191 e. The highest BCUT2D eigenvalue weighted by Gasteiger charge is 2.22. The third-order valence-electron chi connectivity index (χ3n) is 5.36. The molecule has 1 aromatic carbocycles. The predicted octanol–water partition coefficient (Wildman–Crippen LogP) is 3.74. The summed E-state index contributed by atoms with van der Waals surface area (Å²) in [6.07, 6.45) is 3.87. The van der Waals surface area contributed by atoms with E-state index in [2.05, 4.69) is 51.7 Å². The van der Waals surface area contributed by atoms with Crippen LogP contribution in [-0.2, 0) is 6.54 Å². The number of nitrogens with zero attached hydrogens (tertiary/aromatic N) is 3. The second kappa shape index (κ2) is 11.2. The lowest BCUT2D eigenvalue weighted by Crippen LogP contribution is -2.44. The van der Waals surface area contributed by atoms with Gasteiger partial charge in [-0.15, -0.1) is 11.3 Å². The van der Waals surface area contributed by atoms with E-state index in [0.717, 1.165) is 43.6 Å². The van der Waals surface area contributed by atoms with Gasteiger partial charge in [-0.05, 0) is 57.5 Å². The van der Waals surface area contributed by atoms with E-state index in [1.54, 1.807) is 18.4 Å². The van der Waals surface area contributed by atoms with Crippen molar-refractivity contribution in [1.82, 2.24) is 20.5 Å². The second-order valence-corrected chi connectivity index (χ2v) is 8.26. The molecule has 0 bridgehead atoms. The number of aromatic nitrogens is 1. The Labute approximate surface area is 178 Å². The molecule has 2 aromatic rings. The molecule has 1 fully saturated rings. The summed E-state index contributed by atoms with van der Waals surface area (Å²) in [4.78, 5) is 12.9. The Morgan fingerprint density at radius 2 is 1.97 bits per heavy atom. The minimum atomic E-state index is 0.315. The highest BCUT2D eigenvalue weighted by atomic mass is 32.1. The van der Waals surface area contributed by atoms with E-state index >= 15 is 0 Å². The maximum absolute atomic E-state index is 5.34. The summed E-state index contributed by atoms with van der Waals surface area (Å²) < 4.78 is 5.34. The van der Waals surface area contributed by atoms with Crippen LogP contribution in [0.1, 0.15) is 48.4 Å². The minimum absolute atomic E-state index is 0.315. The molecule has 7 heteroatoms. The Hall–Kier alpha value is -2.12. The molecule has 29 heavy (non-hydrogen) atoms. The van der Waals surface area contributed by atoms with Crippen molar-refractivity contribution in [3.63, 3.8) is 0 Å². The lowest BCUT2D eigenvalue weighted by Gasteiger charge is -2.35. The van der Waals surface area contributed by atoms with Crippen LogP contribution in [-0.4, -0.2) is 49.1 Å². The summed E-state index contributed by atoms with van der Waals surface area (Å²) in [5.74, 6) is 1.75. The van der Waals surface area contributed by atoms with Gasteiger partial charge in [-0.2, -0.15) is 0 Å². The fraction of sp³-hybridized carbons (Fsp3) is 0.545. The van der Waals surface area contributed by atoms with Crippen molar-refractivity contribution >= 4 is 17.3 Å². The number of nitrogens with one attached hydrogen (secondary N) is 2. The van der Waals surface area contributed by atoms with Crippen LogP contribution in [0, 0.1) is 6.92 Å². The molecule has 1 saturated heterocycles. The summed E-state index contributed by atoms with van der Waals surface area (Å²) in [5.41, 5.74) is 4.27. The van der Waals surface area contributed by atoms with E-state index in [9.17, 15) is 0 Å². The van der Waals surface area contributed by atoms with Crippen molar-refractivity contribution in [2.75, 3.05) is 33.3 Å². The average molecular weight is 416 g/mol. The topological polar surface area (TPSA) is 61.8 Å². The van der Waals surface area contributed by atoms with Gasteiger partial charge in [0.05, 0.1) is 30.9 Å². The standard InChI is InChI=1S/C22H33N5OS/c1-4-23-22(25-15-21-17(2)26-16-29-21)24-14-20(27-12-6-5-7-13-27)18-8-10-19(28-3)11-9-18/h8-11,16,20H,4-7,12-15H2,1-3H3,(H2,23,24,25). The molecule has 1 aliphatic heterocycles.